The van der Waals surface area contributed by atoms with Crippen LogP contribution in [0.4, 0.5) is 4.79 Å². The monoisotopic (exact) mass is 331 g/mol. The minimum absolute atomic E-state index is 0.117. The molecule has 0 aliphatic carbocycles. The van der Waals surface area contributed by atoms with Gasteiger partial charge < -0.3 is 4.74 Å². The van der Waals surface area contributed by atoms with Crippen LogP contribution in [-0.4, -0.2) is 22.9 Å². The Bertz CT molecular complexity index is 543. The fourth-order valence-electron chi connectivity index (χ4n) is 3.26. The maximum absolute atomic E-state index is 12.5. The molecule has 132 valence electrons. The molecule has 0 spiro atoms. The van der Waals surface area contributed by atoms with Crippen LogP contribution in [0, 0.1) is 5.92 Å². The number of hydrogen-bond donors (Lipinski definition) is 0. The Morgan fingerprint density at radius 1 is 1.21 bits per heavy atom. The quantitative estimate of drug-likeness (QED) is 0.623. The van der Waals surface area contributed by atoms with Gasteiger partial charge in [-0.1, -0.05) is 69.9 Å². The largest absolute Gasteiger partial charge is 0.439 e. The lowest BCUT2D eigenvalue weighted by Gasteiger charge is -2.20. The third-order valence-corrected chi connectivity index (χ3v) is 4.82. The molecular formula is C20H29NO3. The summed E-state index contributed by atoms with van der Waals surface area (Å²) in [6.45, 7) is 6.25. The van der Waals surface area contributed by atoms with E-state index in [-0.39, 0.29) is 18.1 Å². The fourth-order valence-corrected chi connectivity index (χ4v) is 3.26. The number of imide groups is 1. The van der Waals surface area contributed by atoms with Crippen molar-refractivity contribution >= 4 is 12.0 Å². The van der Waals surface area contributed by atoms with Gasteiger partial charge >= 0.3 is 6.09 Å². The van der Waals surface area contributed by atoms with Gasteiger partial charge in [0, 0.05) is 6.42 Å². The number of hydrogen-bond acceptors (Lipinski definition) is 3. The number of nitrogens with zero attached hydrogens (tertiary/aromatic N) is 1. The van der Waals surface area contributed by atoms with E-state index in [2.05, 4.69) is 13.8 Å². The summed E-state index contributed by atoms with van der Waals surface area (Å²) in [4.78, 5) is 26.0. The molecule has 24 heavy (non-hydrogen) atoms. The van der Waals surface area contributed by atoms with E-state index >= 15 is 0 Å². The summed E-state index contributed by atoms with van der Waals surface area (Å²) in [6.07, 6.45) is 5.17. The molecule has 1 aliphatic heterocycles. The van der Waals surface area contributed by atoms with Crippen LogP contribution in [-0.2, 0) is 9.53 Å². The van der Waals surface area contributed by atoms with E-state index in [9.17, 15) is 9.59 Å². The third kappa shape index (κ3) is 4.59. The van der Waals surface area contributed by atoms with E-state index < -0.39 is 6.09 Å². The van der Waals surface area contributed by atoms with E-state index in [0.717, 1.165) is 18.4 Å². The Kier molecular flexibility index (Phi) is 6.83. The molecule has 1 aromatic carbocycles. The highest BCUT2D eigenvalue weighted by molar-refractivity contribution is 5.93. The number of carbonyl (C=O) groups excluding carboxylic acids is 2. The maximum atomic E-state index is 12.5. The zero-order valence-electron chi connectivity index (χ0n) is 15.0. The molecule has 0 bridgehead atoms. The Morgan fingerprint density at radius 2 is 1.92 bits per heavy atom. The van der Waals surface area contributed by atoms with Crippen LogP contribution in [0.1, 0.15) is 71.0 Å². The summed E-state index contributed by atoms with van der Waals surface area (Å²) < 4.78 is 5.45. The predicted molar refractivity (Wildman–Crippen MR) is 94.5 cm³/mol. The second kappa shape index (κ2) is 8.86. The number of unbranched alkanes of at least 4 members (excludes halogenated alkanes) is 2. The van der Waals surface area contributed by atoms with Crippen LogP contribution in [0.2, 0.25) is 0 Å². The maximum Gasteiger partial charge on any atom is 0.417 e. The molecule has 0 N–H and O–H groups in total. The number of ether oxygens (including phenoxy) is 1. The highest BCUT2D eigenvalue weighted by Gasteiger charge is 2.42. The van der Waals surface area contributed by atoms with Gasteiger partial charge in [-0.05, 0) is 24.8 Å². The average molecular weight is 331 g/mol. The molecule has 0 radical (unpaired) electrons. The molecule has 1 aromatic rings. The summed E-state index contributed by atoms with van der Waals surface area (Å²) in [5.74, 6) is 0.396. The number of cyclic esters (lactones) is 1. The van der Waals surface area contributed by atoms with E-state index in [0.29, 0.717) is 12.3 Å². The summed E-state index contributed by atoms with van der Waals surface area (Å²) in [5, 5.41) is 0. The molecular weight excluding hydrogens is 302 g/mol. The van der Waals surface area contributed by atoms with Crippen molar-refractivity contribution in [3.05, 3.63) is 35.9 Å². The van der Waals surface area contributed by atoms with Gasteiger partial charge in [-0.15, -0.1) is 0 Å². The molecule has 0 aromatic heterocycles. The highest BCUT2D eigenvalue weighted by atomic mass is 16.6. The SMILES string of the molecule is CCCCC[C@H](C)CCC(=O)N1C(=O)O[C@@H](c2ccccc2)[C@H]1C. The van der Waals surface area contributed by atoms with Crippen LogP contribution in [0.3, 0.4) is 0 Å². The number of amides is 2. The number of rotatable bonds is 8. The Morgan fingerprint density at radius 3 is 2.58 bits per heavy atom. The molecule has 0 unspecified atom stereocenters. The molecule has 1 fully saturated rings. The first kappa shape index (κ1) is 18.5. The molecule has 3 atom stereocenters. The zero-order chi connectivity index (χ0) is 17.5. The molecule has 4 nitrogen and oxygen atoms in total. The van der Waals surface area contributed by atoms with E-state index in [1.807, 2.05) is 37.3 Å². The fraction of sp³-hybridized carbons (Fsp3) is 0.600. The summed E-state index contributed by atoms with van der Waals surface area (Å²) in [7, 11) is 0. The van der Waals surface area contributed by atoms with Crippen LogP contribution in [0.25, 0.3) is 0 Å². The van der Waals surface area contributed by atoms with Gasteiger partial charge in [0.15, 0.2) is 0 Å². The van der Waals surface area contributed by atoms with Crippen molar-refractivity contribution < 1.29 is 14.3 Å². The van der Waals surface area contributed by atoms with Crippen molar-refractivity contribution in [1.29, 1.82) is 0 Å². The first-order valence-corrected chi connectivity index (χ1v) is 9.12. The van der Waals surface area contributed by atoms with Crippen LogP contribution in [0.15, 0.2) is 30.3 Å². The standard InChI is InChI=1S/C20H29NO3/c1-4-5-7-10-15(2)13-14-18(22)21-16(3)19(24-20(21)23)17-11-8-6-9-12-17/h6,8-9,11-12,15-16,19H,4-5,7,10,13-14H2,1-3H3/t15-,16+,19+/m0/s1. The lowest BCUT2D eigenvalue weighted by atomic mass is 9.97. The van der Waals surface area contributed by atoms with Crippen molar-refractivity contribution in [2.45, 2.75) is 71.4 Å². The van der Waals surface area contributed by atoms with Crippen LogP contribution >= 0.6 is 0 Å². The minimum atomic E-state index is -0.514. The molecule has 1 saturated heterocycles. The first-order chi connectivity index (χ1) is 11.5. The van der Waals surface area contributed by atoms with Crippen LogP contribution < -0.4 is 0 Å². The van der Waals surface area contributed by atoms with E-state index in [4.69, 9.17) is 4.74 Å². The normalized spacial score (nSPS) is 21.6. The third-order valence-electron chi connectivity index (χ3n) is 4.82. The summed E-state index contributed by atoms with van der Waals surface area (Å²) in [6, 6.07) is 9.35. The topological polar surface area (TPSA) is 46.6 Å². The zero-order valence-corrected chi connectivity index (χ0v) is 15.0. The lowest BCUT2D eigenvalue weighted by molar-refractivity contribution is -0.129. The first-order valence-electron chi connectivity index (χ1n) is 9.12. The Labute approximate surface area is 145 Å². The van der Waals surface area contributed by atoms with Gasteiger partial charge in [-0.25, -0.2) is 9.69 Å². The van der Waals surface area contributed by atoms with Crippen molar-refractivity contribution in [1.82, 2.24) is 4.90 Å². The predicted octanol–water partition coefficient (Wildman–Crippen LogP) is 5.09. The van der Waals surface area contributed by atoms with Gasteiger partial charge in [0.2, 0.25) is 5.91 Å². The van der Waals surface area contributed by atoms with Crippen molar-refractivity contribution in [3.8, 4) is 0 Å². The highest BCUT2D eigenvalue weighted by Crippen LogP contribution is 2.33. The second-order valence-corrected chi connectivity index (χ2v) is 6.86. The van der Waals surface area contributed by atoms with Gasteiger partial charge in [-0.3, -0.25) is 4.79 Å². The summed E-state index contributed by atoms with van der Waals surface area (Å²) >= 11 is 0. The van der Waals surface area contributed by atoms with Crippen molar-refractivity contribution in [2.24, 2.45) is 5.92 Å². The Hall–Kier alpha value is -1.84. The van der Waals surface area contributed by atoms with Crippen LogP contribution in [0.5, 0.6) is 0 Å². The Balaban J connectivity index is 1.89. The number of benzene rings is 1. The molecule has 4 heteroatoms. The molecule has 0 saturated carbocycles. The van der Waals surface area contributed by atoms with Gasteiger partial charge in [0.05, 0.1) is 6.04 Å². The molecule has 1 heterocycles. The number of carbonyl (C=O) groups is 2. The lowest BCUT2D eigenvalue weighted by Crippen LogP contribution is -2.37. The molecule has 2 amide bonds. The van der Waals surface area contributed by atoms with Crippen molar-refractivity contribution in [2.75, 3.05) is 0 Å². The smallest absolute Gasteiger partial charge is 0.417 e. The molecule has 2 rings (SSSR count). The van der Waals surface area contributed by atoms with Crippen molar-refractivity contribution in [3.63, 3.8) is 0 Å². The molecule has 1 aliphatic rings. The van der Waals surface area contributed by atoms with Gasteiger partial charge in [0.1, 0.15) is 6.10 Å². The average Bonchev–Trinajstić information content (AvgIpc) is 2.88. The van der Waals surface area contributed by atoms with Gasteiger partial charge in [0.25, 0.3) is 0 Å². The second-order valence-electron chi connectivity index (χ2n) is 6.86. The van der Waals surface area contributed by atoms with Gasteiger partial charge in [-0.2, -0.15) is 0 Å². The summed E-state index contributed by atoms with van der Waals surface area (Å²) in [5.41, 5.74) is 0.932. The van der Waals surface area contributed by atoms with E-state index in [1.165, 1.54) is 24.2 Å². The van der Waals surface area contributed by atoms with E-state index in [1.54, 1.807) is 0 Å². The minimum Gasteiger partial charge on any atom is -0.439 e.